The Morgan fingerprint density at radius 2 is 1.90 bits per heavy atom. The minimum absolute atomic E-state index is 0.158. The van der Waals surface area contributed by atoms with Crippen molar-refractivity contribution in [2.24, 2.45) is 5.92 Å². The summed E-state index contributed by atoms with van der Waals surface area (Å²) in [5.74, 6) is 0.862. The number of hydrogen-bond acceptors (Lipinski definition) is 3. The van der Waals surface area contributed by atoms with E-state index in [9.17, 15) is 8.42 Å². The first-order valence-electron chi connectivity index (χ1n) is 7.43. The quantitative estimate of drug-likeness (QED) is 0.908. The molecule has 1 N–H and O–H groups in total. The highest BCUT2D eigenvalue weighted by molar-refractivity contribution is 7.91. The van der Waals surface area contributed by atoms with Crippen molar-refractivity contribution in [1.29, 1.82) is 0 Å². The Morgan fingerprint density at radius 3 is 2.40 bits per heavy atom. The van der Waals surface area contributed by atoms with Gasteiger partial charge in [-0.05, 0) is 44.7 Å². The minimum Gasteiger partial charge on any atom is -0.310 e. The van der Waals surface area contributed by atoms with Gasteiger partial charge in [-0.2, -0.15) is 0 Å². The molecule has 1 fully saturated rings. The lowest BCUT2D eigenvalue weighted by atomic mass is 9.90. The second kappa shape index (κ2) is 6.27. The van der Waals surface area contributed by atoms with Gasteiger partial charge in [0.1, 0.15) is 0 Å². The molecule has 0 saturated carbocycles. The highest BCUT2D eigenvalue weighted by Gasteiger charge is 2.34. The van der Waals surface area contributed by atoms with Crippen molar-refractivity contribution in [3.63, 3.8) is 0 Å². The first-order chi connectivity index (χ1) is 9.41. The highest BCUT2D eigenvalue weighted by atomic mass is 32.2. The standard InChI is InChI=1S/C16H25NO2S/c1-4-6-17-16(14-5-7-20(18,19)11-14)15-9-12(2)8-13(3)10-15/h8-10,14,16-17H,4-7,11H2,1-3H3. The Hall–Kier alpha value is -0.870. The van der Waals surface area contributed by atoms with E-state index in [0.717, 1.165) is 19.4 Å². The van der Waals surface area contributed by atoms with E-state index >= 15 is 0 Å². The number of sulfone groups is 1. The number of benzene rings is 1. The maximum Gasteiger partial charge on any atom is 0.150 e. The number of rotatable bonds is 5. The molecular formula is C16H25NO2S. The van der Waals surface area contributed by atoms with E-state index in [0.29, 0.717) is 11.5 Å². The van der Waals surface area contributed by atoms with Crippen molar-refractivity contribution in [3.05, 3.63) is 34.9 Å². The molecule has 0 amide bonds. The van der Waals surface area contributed by atoms with Crippen LogP contribution in [0.4, 0.5) is 0 Å². The zero-order chi connectivity index (χ0) is 14.8. The molecule has 1 aromatic carbocycles. The van der Waals surface area contributed by atoms with E-state index in [1.807, 2.05) is 0 Å². The average molecular weight is 295 g/mol. The van der Waals surface area contributed by atoms with Crippen molar-refractivity contribution in [3.8, 4) is 0 Å². The molecule has 1 aliphatic rings. The summed E-state index contributed by atoms with van der Waals surface area (Å²) >= 11 is 0. The third kappa shape index (κ3) is 3.83. The van der Waals surface area contributed by atoms with Gasteiger partial charge in [-0.1, -0.05) is 36.2 Å². The van der Waals surface area contributed by atoms with Crippen LogP contribution in [0.2, 0.25) is 0 Å². The fraction of sp³-hybridized carbons (Fsp3) is 0.625. The van der Waals surface area contributed by atoms with Crippen LogP contribution in [0.15, 0.2) is 18.2 Å². The van der Waals surface area contributed by atoms with Gasteiger partial charge in [0.25, 0.3) is 0 Å². The molecule has 1 aliphatic heterocycles. The van der Waals surface area contributed by atoms with Crippen LogP contribution >= 0.6 is 0 Å². The maximum atomic E-state index is 11.8. The SMILES string of the molecule is CCCNC(c1cc(C)cc(C)c1)C1CCS(=O)(=O)C1. The first-order valence-corrected chi connectivity index (χ1v) is 9.25. The molecule has 112 valence electrons. The molecule has 1 heterocycles. The topological polar surface area (TPSA) is 46.2 Å². The molecule has 0 aliphatic carbocycles. The lowest BCUT2D eigenvalue weighted by molar-refractivity contribution is 0.392. The number of nitrogens with one attached hydrogen (secondary N) is 1. The Kier molecular flexibility index (Phi) is 4.86. The van der Waals surface area contributed by atoms with Crippen molar-refractivity contribution in [2.45, 2.75) is 39.7 Å². The molecule has 1 aromatic rings. The normalized spacial score (nSPS) is 22.9. The van der Waals surface area contributed by atoms with Crippen LogP contribution in [-0.4, -0.2) is 26.5 Å². The van der Waals surface area contributed by atoms with Crippen molar-refractivity contribution >= 4 is 9.84 Å². The minimum atomic E-state index is -2.83. The fourth-order valence-electron chi connectivity index (χ4n) is 3.13. The third-order valence-corrected chi connectivity index (χ3v) is 5.75. The molecular weight excluding hydrogens is 270 g/mol. The van der Waals surface area contributed by atoms with Gasteiger partial charge in [-0.3, -0.25) is 0 Å². The second-order valence-corrected chi connectivity index (χ2v) is 8.24. The molecule has 2 rings (SSSR count). The summed E-state index contributed by atoms with van der Waals surface area (Å²) in [6.07, 6.45) is 1.83. The summed E-state index contributed by atoms with van der Waals surface area (Å²) in [7, 11) is -2.83. The molecule has 0 spiro atoms. The predicted octanol–water partition coefficient (Wildman–Crippen LogP) is 2.78. The van der Waals surface area contributed by atoms with Crippen LogP contribution in [0.5, 0.6) is 0 Å². The van der Waals surface area contributed by atoms with Crippen LogP contribution < -0.4 is 5.32 Å². The van der Waals surface area contributed by atoms with Gasteiger partial charge < -0.3 is 5.32 Å². The zero-order valence-electron chi connectivity index (χ0n) is 12.6. The van der Waals surface area contributed by atoms with Crippen molar-refractivity contribution in [2.75, 3.05) is 18.1 Å². The van der Waals surface area contributed by atoms with Crippen molar-refractivity contribution < 1.29 is 8.42 Å². The molecule has 0 bridgehead atoms. The van der Waals surface area contributed by atoms with Crippen LogP contribution in [-0.2, 0) is 9.84 Å². The molecule has 2 atom stereocenters. The number of aryl methyl sites for hydroxylation is 2. The molecule has 2 unspecified atom stereocenters. The number of hydrogen-bond donors (Lipinski definition) is 1. The summed E-state index contributed by atoms with van der Waals surface area (Å²) < 4.78 is 23.5. The molecule has 20 heavy (non-hydrogen) atoms. The molecule has 3 nitrogen and oxygen atoms in total. The van der Waals surface area contributed by atoms with E-state index < -0.39 is 9.84 Å². The predicted molar refractivity (Wildman–Crippen MR) is 83.7 cm³/mol. The third-order valence-electron chi connectivity index (χ3n) is 3.96. The van der Waals surface area contributed by atoms with E-state index in [4.69, 9.17) is 0 Å². The Bertz CT molecular complexity index is 546. The summed E-state index contributed by atoms with van der Waals surface area (Å²) in [5.41, 5.74) is 3.71. The zero-order valence-corrected chi connectivity index (χ0v) is 13.5. The maximum absolute atomic E-state index is 11.8. The fourth-order valence-corrected chi connectivity index (χ4v) is 4.97. The van der Waals surface area contributed by atoms with Gasteiger partial charge in [0.2, 0.25) is 0 Å². The van der Waals surface area contributed by atoms with E-state index in [1.165, 1.54) is 16.7 Å². The van der Waals surface area contributed by atoms with E-state index in [1.54, 1.807) is 0 Å². The molecule has 1 saturated heterocycles. The van der Waals surface area contributed by atoms with Crippen LogP contribution in [0.3, 0.4) is 0 Å². The van der Waals surface area contributed by atoms with E-state index in [-0.39, 0.29) is 12.0 Å². The summed E-state index contributed by atoms with van der Waals surface area (Å²) in [6.45, 7) is 7.25. The van der Waals surface area contributed by atoms with Crippen LogP contribution in [0, 0.1) is 19.8 Å². The average Bonchev–Trinajstić information content (AvgIpc) is 2.69. The second-order valence-electron chi connectivity index (χ2n) is 6.02. The molecule has 0 radical (unpaired) electrons. The van der Waals surface area contributed by atoms with Gasteiger partial charge in [0, 0.05) is 6.04 Å². The highest BCUT2D eigenvalue weighted by Crippen LogP contribution is 2.32. The largest absolute Gasteiger partial charge is 0.310 e. The Labute approximate surface area is 122 Å². The smallest absolute Gasteiger partial charge is 0.150 e. The summed E-state index contributed by atoms with van der Waals surface area (Å²) in [6, 6.07) is 6.69. The van der Waals surface area contributed by atoms with Gasteiger partial charge in [0.15, 0.2) is 9.84 Å². The van der Waals surface area contributed by atoms with Crippen LogP contribution in [0.1, 0.15) is 42.5 Å². The van der Waals surface area contributed by atoms with Crippen LogP contribution in [0.25, 0.3) is 0 Å². The monoisotopic (exact) mass is 295 g/mol. The van der Waals surface area contributed by atoms with Gasteiger partial charge >= 0.3 is 0 Å². The lowest BCUT2D eigenvalue weighted by Crippen LogP contribution is -2.30. The first kappa shape index (κ1) is 15.5. The molecule has 0 aromatic heterocycles. The van der Waals surface area contributed by atoms with E-state index in [2.05, 4.69) is 44.3 Å². The van der Waals surface area contributed by atoms with Gasteiger partial charge in [-0.25, -0.2) is 8.42 Å². The van der Waals surface area contributed by atoms with Gasteiger partial charge in [0.05, 0.1) is 11.5 Å². The summed E-state index contributed by atoms with van der Waals surface area (Å²) in [5, 5.41) is 3.56. The summed E-state index contributed by atoms with van der Waals surface area (Å²) in [4.78, 5) is 0. The van der Waals surface area contributed by atoms with Crippen molar-refractivity contribution in [1.82, 2.24) is 5.32 Å². The Morgan fingerprint density at radius 1 is 1.25 bits per heavy atom. The Balaban J connectivity index is 2.27. The van der Waals surface area contributed by atoms with Gasteiger partial charge in [-0.15, -0.1) is 0 Å². The molecule has 4 heteroatoms. The lowest BCUT2D eigenvalue weighted by Gasteiger charge is -2.25.